The summed E-state index contributed by atoms with van der Waals surface area (Å²) in [5.74, 6) is 0.0173. The van der Waals surface area contributed by atoms with Gasteiger partial charge in [0.05, 0.1) is 5.69 Å². The maximum Gasteiger partial charge on any atom is 0.228 e. The highest BCUT2D eigenvalue weighted by Crippen LogP contribution is 2.51. The molecule has 2 heterocycles. The molecule has 1 N–H and O–H groups in total. The van der Waals surface area contributed by atoms with E-state index >= 15 is 0 Å². The normalized spacial score (nSPS) is 24.7. The van der Waals surface area contributed by atoms with Crippen molar-refractivity contribution < 1.29 is 9.18 Å². The van der Waals surface area contributed by atoms with Crippen molar-refractivity contribution in [3.05, 3.63) is 29.6 Å². The van der Waals surface area contributed by atoms with E-state index in [1.54, 1.807) is 12.1 Å². The van der Waals surface area contributed by atoms with Gasteiger partial charge in [-0.1, -0.05) is 18.9 Å². The smallest absolute Gasteiger partial charge is 0.228 e. The largest absolute Gasteiger partial charge is 0.313 e. The van der Waals surface area contributed by atoms with Crippen molar-refractivity contribution >= 4 is 24.0 Å². The highest BCUT2D eigenvalue weighted by molar-refractivity contribution is 5.96. The Bertz CT molecular complexity index is 595. The van der Waals surface area contributed by atoms with Gasteiger partial charge in [0.25, 0.3) is 0 Å². The second-order valence-electron chi connectivity index (χ2n) is 7.10. The SMILES string of the molecule is Cl.O=C(CC1CCCN1)N1CC2(CCCC2)c2c(F)cccc21. The minimum Gasteiger partial charge on any atom is -0.313 e. The lowest BCUT2D eigenvalue weighted by molar-refractivity contribution is -0.119. The predicted molar refractivity (Wildman–Crippen MR) is 91.8 cm³/mol. The van der Waals surface area contributed by atoms with E-state index in [0.717, 1.165) is 56.3 Å². The molecule has 1 aromatic rings. The van der Waals surface area contributed by atoms with Crippen LogP contribution < -0.4 is 10.2 Å². The first-order valence-electron chi connectivity index (χ1n) is 8.52. The average Bonchev–Trinajstić information content (AvgIpc) is 3.22. The van der Waals surface area contributed by atoms with Crippen molar-refractivity contribution in [1.82, 2.24) is 5.32 Å². The van der Waals surface area contributed by atoms with Gasteiger partial charge >= 0.3 is 0 Å². The number of halogens is 2. The Balaban J connectivity index is 0.00000156. The van der Waals surface area contributed by atoms with Crippen LogP contribution in [0.3, 0.4) is 0 Å². The Morgan fingerprint density at radius 3 is 2.78 bits per heavy atom. The zero-order valence-corrected chi connectivity index (χ0v) is 14.1. The highest BCUT2D eigenvalue weighted by atomic mass is 35.5. The third-order valence-corrected chi connectivity index (χ3v) is 5.72. The number of hydrogen-bond acceptors (Lipinski definition) is 2. The lowest BCUT2D eigenvalue weighted by atomic mass is 9.80. The summed E-state index contributed by atoms with van der Waals surface area (Å²) >= 11 is 0. The van der Waals surface area contributed by atoms with Crippen molar-refractivity contribution in [1.29, 1.82) is 0 Å². The number of benzene rings is 1. The van der Waals surface area contributed by atoms with Gasteiger partial charge in [0.15, 0.2) is 0 Å². The second kappa shape index (κ2) is 6.40. The molecule has 1 spiro atoms. The molecule has 1 atom stereocenters. The number of amides is 1. The predicted octanol–water partition coefficient (Wildman–Crippen LogP) is 3.55. The minimum absolute atomic E-state index is 0. The monoisotopic (exact) mass is 338 g/mol. The number of nitrogens with zero attached hydrogens (tertiary/aromatic N) is 1. The Morgan fingerprint density at radius 2 is 2.09 bits per heavy atom. The molecule has 3 nitrogen and oxygen atoms in total. The lowest BCUT2D eigenvalue weighted by Gasteiger charge is -2.25. The van der Waals surface area contributed by atoms with Crippen molar-refractivity contribution in [2.75, 3.05) is 18.0 Å². The summed E-state index contributed by atoms with van der Waals surface area (Å²) in [4.78, 5) is 14.6. The van der Waals surface area contributed by atoms with E-state index in [4.69, 9.17) is 0 Å². The summed E-state index contributed by atoms with van der Waals surface area (Å²) in [5.41, 5.74) is 1.50. The van der Waals surface area contributed by atoms with E-state index in [2.05, 4.69) is 5.32 Å². The summed E-state index contributed by atoms with van der Waals surface area (Å²) in [7, 11) is 0. The van der Waals surface area contributed by atoms with E-state index < -0.39 is 0 Å². The summed E-state index contributed by atoms with van der Waals surface area (Å²) < 4.78 is 14.5. The Morgan fingerprint density at radius 1 is 1.30 bits per heavy atom. The van der Waals surface area contributed by atoms with E-state index in [0.29, 0.717) is 19.0 Å². The maximum atomic E-state index is 14.5. The van der Waals surface area contributed by atoms with Gasteiger partial charge in [-0.3, -0.25) is 4.79 Å². The van der Waals surface area contributed by atoms with Crippen LogP contribution in [0.1, 0.15) is 50.5 Å². The molecule has 1 amide bonds. The van der Waals surface area contributed by atoms with Crippen LogP contribution in [-0.2, 0) is 10.2 Å². The molecule has 5 heteroatoms. The fraction of sp³-hybridized carbons (Fsp3) is 0.611. The van der Waals surface area contributed by atoms with Gasteiger partial charge in [-0.25, -0.2) is 4.39 Å². The van der Waals surface area contributed by atoms with Gasteiger partial charge in [0.2, 0.25) is 5.91 Å². The standard InChI is InChI=1S/C18H23FN2O.ClH/c19-14-6-3-7-15-17(14)18(8-1-2-9-18)12-21(15)16(22)11-13-5-4-10-20-13;/h3,6-7,13,20H,1-2,4-5,8-12H2;1H. The zero-order chi connectivity index (χ0) is 15.2. The van der Waals surface area contributed by atoms with Gasteiger partial charge < -0.3 is 10.2 Å². The molecule has 3 aliphatic rings. The Labute approximate surface area is 143 Å². The maximum absolute atomic E-state index is 14.5. The summed E-state index contributed by atoms with van der Waals surface area (Å²) in [6, 6.07) is 5.50. The van der Waals surface area contributed by atoms with Crippen molar-refractivity contribution in [3.8, 4) is 0 Å². The van der Waals surface area contributed by atoms with Crippen molar-refractivity contribution in [2.24, 2.45) is 0 Å². The molecular formula is C18H24ClFN2O. The van der Waals surface area contributed by atoms with Crippen LogP contribution in [0, 0.1) is 5.82 Å². The first-order valence-corrected chi connectivity index (χ1v) is 8.52. The number of carbonyl (C=O) groups is 1. The van der Waals surface area contributed by atoms with Gasteiger partial charge in [-0.15, -0.1) is 12.4 Å². The topological polar surface area (TPSA) is 32.3 Å². The lowest BCUT2D eigenvalue weighted by Crippen LogP contribution is -2.38. The molecule has 0 radical (unpaired) electrons. The van der Waals surface area contributed by atoms with E-state index in [-0.39, 0.29) is 29.5 Å². The number of nitrogens with one attached hydrogen (secondary N) is 1. The van der Waals surface area contributed by atoms with E-state index in [1.165, 1.54) is 0 Å². The van der Waals surface area contributed by atoms with Crippen LogP contribution >= 0.6 is 12.4 Å². The number of hydrogen-bond donors (Lipinski definition) is 1. The zero-order valence-electron chi connectivity index (χ0n) is 13.3. The number of fused-ring (bicyclic) bond motifs is 2. The number of anilines is 1. The van der Waals surface area contributed by atoms with Gasteiger partial charge in [-0.05, 0) is 44.4 Å². The summed E-state index contributed by atoms with van der Waals surface area (Å²) in [6.45, 7) is 1.68. The van der Waals surface area contributed by atoms with Crippen molar-refractivity contribution in [3.63, 3.8) is 0 Å². The second-order valence-corrected chi connectivity index (χ2v) is 7.10. The van der Waals surface area contributed by atoms with Crippen LogP contribution in [0.2, 0.25) is 0 Å². The van der Waals surface area contributed by atoms with Crippen LogP contribution in [0.15, 0.2) is 18.2 Å². The fourth-order valence-corrected chi connectivity index (χ4v) is 4.66. The quantitative estimate of drug-likeness (QED) is 0.894. The van der Waals surface area contributed by atoms with Gasteiger partial charge in [0.1, 0.15) is 5.82 Å². The van der Waals surface area contributed by atoms with Crippen molar-refractivity contribution in [2.45, 2.75) is 56.4 Å². The van der Waals surface area contributed by atoms with E-state index in [1.807, 2.05) is 11.0 Å². The van der Waals surface area contributed by atoms with Gasteiger partial charge in [0, 0.05) is 30.0 Å². The first kappa shape index (κ1) is 16.7. The minimum atomic E-state index is -0.131. The van der Waals surface area contributed by atoms with Crippen LogP contribution in [0.25, 0.3) is 0 Å². The summed E-state index contributed by atoms with van der Waals surface area (Å²) in [6.07, 6.45) is 7.04. The highest BCUT2D eigenvalue weighted by Gasteiger charge is 2.48. The molecule has 23 heavy (non-hydrogen) atoms. The molecule has 2 fully saturated rings. The van der Waals surface area contributed by atoms with Crippen LogP contribution in [0.5, 0.6) is 0 Å². The molecule has 4 rings (SSSR count). The fourth-order valence-electron chi connectivity index (χ4n) is 4.66. The summed E-state index contributed by atoms with van der Waals surface area (Å²) in [5, 5.41) is 3.39. The van der Waals surface area contributed by atoms with Gasteiger partial charge in [-0.2, -0.15) is 0 Å². The molecule has 1 saturated carbocycles. The van der Waals surface area contributed by atoms with Crippen LogP contribution in [0.4, 0.5) is 10.1 Å². The molecule has 2 aliphatic heterocycles. The molecular weight excluding hydrogens is 315 g/mol. The molecule has 1 unspecified atom stereocenters. The third-order valence-electron chi connectivity index (χ3n) is 5.72. The number of carbonyl (C=O) groups excluding carboxylic acids is 1. The average molecular weight is 339 g/mol. The Kier molecular flexibility index (Phi) is 4.65. The molecule has 126 valence electrons. The van der Waals surface area contributed by atoms with Crippen LogP contribution in [-0.4, -0.2) is 25.0 Å². The molecule has 0 aromatic heterocycles. The number of rotatable bonds is 2. The first-order chi connectivity index (χ1) is 10.7. The molecule has 1 saturated heterocycles. The molecule has 0 bridgehead atoms. The third kappa shape index (κ3) is 2.76. The Hall–Kier alpha value is -1.13. The molecule has 1 aromatic carbocycles. The van der Waals surface area contributed by atoms with E-state index in [9.17, 15) is 9.18 Å². The molecule has 1 aliphatic carbocycles.